The van der Waals surface area contributed by atoms with E-state index >= 15 is 0 Å². The van der Waals surface area contributed by atoms with E-state index in [1.807, 2.05) is 0 Å². The molecule has 7 heteroatoms. The summed E-state index contributed by atoms with van der Waals surface area (Å²) >= 11 is 17.6. The molecule has 0 amide bonds. The first kappa shape index (κ1) is 16.9. The van der Waals surface area contributed by atoms with E-state index in [9.17, 15) is 13.7 Å². The maximum atomic E-state index is 12.5. The van der Waals surface area contributed by atoms with Gasteiger partial charge < -0.3 is 0 Å². The second-order valence-corrected chi connectivity index (χ2v) is 7.36. The van der Waals surface area contributed by atoms with Crippen LogP contribution in [-0.4, -0.2) is 8.42 Å². The van der Waals surface area contributed by atoms with Crippen LogP contribution in [-0.2, 0) is 9.84 Å². The Morgan fingerprint density at radius 2 is 1.68 bits per heavy atom. The summed E-state index contributed by atoms with van der Waals surface area (Å²) in [6.45, 7) is 0. The van der Waals surface area contributed by atoms with Crippen LogP contribution in [0.4, 0.5) is 0 Å². The summed E-state index contributed by atoms with van der Waals surface area (Å²) in [5, 5.41) is 10.1. The van der Waals surface area contributed by atoms with Crippen molar-refractivity contribution in [3.63, 3.8) is 0 Å². The number of nitrogens with zero attached hydrogens (tertiary/aromatic N) is 1. The van der Waals surface area contributed by atoms with Gasteiger partial charge in [-0.3, -0.25) is 0 Å². The minimum absolute atomic E-state index is 0.0251. The van der Waals surface area contributed by atoms with E-state index in [4.69, 9.17) is 34.8 Å². The Morgan fingerprint density at radius 3 is 2.27 bits per heavy atom. The molecule has 0 heterocycles. The largest absolute Gasteiger partial charge is 0.218 e. The molecular weight excluding hydrogens is 365 g/mol. The van der Waals surface area contributed by atoms with Gasteiger partial charge in [0.25, 0.3) is 0 Å². The molecule has 0 radical (unpaired) electrons. The van der Waals surface area contributed by atoms with Crippen molar-refractivity contribution in [1.82, 2.24) is 0 Å². The number of nitriles is 1. The number of hydrogen-bond acceptors (Lipinski definition) is 3. The van der Waals surface area contributed by atoms with Gasteiger partial charge >= 0.3 is 0 Å². The Kier molecular flexibility index (Phi) is 5.15. The lowest BCUT2D eigenvalue weighted by Gasteiger charge is -2.05. The Balaban J connectivity index is 2.56. The van der Waals surface area contributed by atoms with Crippen LogP contribution in [0.5, 0.6) is 0 Å². The fraction of sp³-hybridized carbons (Fsp3) is 0. The minimum Gasteiger partial charge on any atom is -0.218 e. The van der Waals surface area contributed by atoms with E-state index in [2.05, 4.69) is 0 Å². The van der Waals surface area contributed by atoms with E-state index in [0.717, 1.165) is 0 Å². The van der Waals surface area contributed by atoms with Crippen LogP contribution in [0.1, 0.15) is 5.56 Å². The Morgan fingerprint density at radius 1 is 1.05 bits per heavy atom. The van der Waals surface area contributed by atoms with Crippen molar-refractivity contribution in [3.05, 3.63) is 68.0 Å². The number of hydrogen-bond donors (Lipinski definition) is 0. The maximum absolute atomic E-state index is 12.5. The molecule has 0 atom stereocenters. The van der Waals surface area contributed by atoms with Gasteiger partial charge in [0.2, 0.25) is 9.84 Å². The normalized spacial score (nSPS) is 12.0. The molecule has 0 N–H and O–H groups in total. The highest BCUT2D eigenvalue weighted by molar-refractivity contribution is 7.95. The number of sulfone groups is 1. The lowest BCUT2D eigenvalue weighted by Crippen LogP contribution is -2.03. The molecule has 0 aromatic heterocycles. The third-order valence-electron chi connectivity index (χ3n) is 2.79. The summed E-state index contributed by atoms with van der Waals surface area (Å²) in [5.74, 6) is 0. The maximum Gasteiger partial charge on any atom is 0.216 e. The molecule has 0 aliphatic rings. The fourth-order valence-electron chi connectivity index (χ4n) is 1.68. The highest BCUT2D eigenvalue weighted by Crippen LogP contribution is 2.29. The zero-order chi connectivity index (χ0) is 16.3. The van der Waals surface area contributed by atoms with Crippen molar-refractivity contribution in [2.45, 2.75) is 4.90 Å². The molecule has 0 unspecified atom stereocenters. The lowest BCUT2D eigenvalue weighted by atomic mass is 10.2. The van der Waals surface area contributed by atoms with Crippen molar-refractivity contribution in [3.8, 4) is 6.07 Å². The van der Waals surface area contributed by atoms with Gasteiger partial charge in [-0.05, 0) is 42.0 Å². The zero-order valence-electron chi connectivity index (χ0n) is 10.9. The SMILES string of the molecule is N#CC(=Cc1cccc(Cl)c1Cl)S(=O)(=O)c1ccc(Cl)cc1. The summed E-state index contributed by atoms with van der Waals surface area (Å²) in [7, 11) is -3.96. The first-order valence-electron chi connectivity index (χ1n) is 5.92. The Labute approximate surface area is 143 Å². The summed E-state index contributed by atoms with van der Waals surface area (Å²) in [4.78, 5) is -0.457. The van der Waals surface area contributed by atoms with Gasteiger partial charge in [0.05, 0.1) is 14.9 Å². The third-order valence-corrected chi connectivity index (χ3v) is 5.56. The van der Waals surface area contributed by atoms with Crippen molar-refractivity contribution >= 4 is 50.7 Å². The van der Waals surface area contributed by atoms with Crippen molar-refractivity contribution in [2.75, 3.05) is 0 Å². The number of halogens is 3. The summed E-state index contributed by atoms with van der Waals surface area (Å²) in [6.07, 6.45) is 1.19. The van der Waals surface area contributed by atoms with Crippen LogP contribution in [0.3, 0.4) is 0 Å². The molecule has 0 saturated heterocycles. The standard InChI is InChI=1S/C15H8Cl3NO2S/c16-11-4-6-12(7-5-11)22(20,21)13(9-19)8-10-2-1-3-14(17)15(10)18/h1-8H. The van der Waals surface area contributed by atoms with E-state index in [-0.39, 0.29) is 14.9 Å². The van der Waals surface area contributed by atoms with Gasteiger partial charge in [0.15, 0.2) is 0 Å². The summed E-state index contributed by atoms with van der Waals surface area (Å²) < 4.78 is 24.9. The highest BCUT2D eigenvalue weighted by Gasteiger charge is 2.21. The lowest BCUT2D eigenvalue weighted by molar-refractivity contribution is 0.603. The van der Waals surface area contributed by atoms with Gasteiger partial charge in [-0.2, -0.15) is 5.26 Å². The van der Waals surface area contributed by atoms with Crippen LogP contribution >= 0.6 is 34.8 Å². The molecule has 0 aliphatic carbocycles. The van der Waals surface area contributed by atoms with Gasteiger partial charge in [0.1, 0.15) is 11.0 Å². The highest BCUT2D eigenvalue weighted by atomic mass is 35.5. The second-order valence-electron chi connectivity index (χ2n) is 4.22. The molecule has 3 nitrogen and oxygen atoms in total. The molecule has 2 aromatic carbocycles. The van der Waals surface area contributed by atoms with E-state index in [1.54, 1.807) is 24.3 Å². The van der Waals surface area contributed by atoms with Crippen LogP contribution in [0.2, 0.25) is 15.1 Å². The molecule has 0 bridgehead atoms. The van der Waals surface area contributed by atoms with Gasteiger partial charge in [0, 0.05) is 5.02 Å². The molecule has 0 fully saturated rings. The Bertz CT molecular complexity index is 882. The van der Waals surface area contributed by atoms with Crippen LogP contribution < -0.4 is 0 Å². The van der Waals surface area contributed by atoms with E-state index in [1.165, 1.54) is 30.3 Å². The minimum atomic E-state index is -3.96. The van der Waals surface area contributed by atoms with Crippen molar-refractivity contribution in [2.24, 2.45) is 0 Å². The molecule has 0 aliphatic heterocycles. The Hall–Kier alpha value is -1.51. The smallest absolute Gasteiger partial charge is 0.216 e. The molecule has 22 heavy (non-hydrogen) atoms. The first-order valence-corrected chi connectivity index (χ1v) is 8.54. The summed E-state index contributed by atoms with van der Waals surface area (Å²) in [6, 6.07) is 12.0. The van der Waals surface area contributed by atoms with Crippen LogP contribution in [0.15, 0.2) is 52.3 Å². The fourth-order valence-corrected chi connectivity index (χ4v) is 3.32. The van der Waals surface area contributed by atoms with Crippen LogP contribution in [0.25, 0.3) is 6.08 Å². The molecule has 0 spiro atoms. The van der Waals surface area contributed by atoms with Crippen molar-refractivity contribution in [1.29, 1.82) is 5.26 Å². The molecule has 2 aromatic rings. The van der Waals surface area contributed by atoms with Crippen LogP contribution in [0, 0.1) is 11.3 Å². The average molecular weight is 373 g/mol. The van der Waals surface area contributed by atoms with E-state index < -0.39 is 14.7 Å². The number of allylic oxidation sites excluding steroid dienone is 1. The quantitative estimate of drug-likeness (QED) is 0.713. The predicted octanol–water partition coefficient (Wildman–Crippen LogP) is 4.99. The average Bonchev–Trinajstić information content (AvgIpc) is 2.49. The monoisotopic (exact) mass is 371 g/mol. The number of rotatable bonds is 3. The third kappa shape index (κ3) is 3.45. The molecule has 0 saturated carbocycles. The molecular formula is C15H8Cl3NO2S. The van der Waals surface area contributed by atoms with Crippen molar-refractivity contribution < 1.29 is 8.42 Å². The van der Waals surface area contributed by atoms with Gasteiger partial charge in [-0.15, -0.1) is 0 Å². The molecule has 112 valence electrons. The van der Waals surface area contributed by atoms with E-state index in [0.29, 0.717) is 10.6 Å². The topological polar surface area (TPSA) is 57.9 Å². The first-order chi connectivity index (χ1) is 10.4. The zero-order valence-corrected chi connectivity index (χ0v) is 14.0. The predicted molar refractivity (Wildman–Crippen MR) is 88.7 cm³/mol. The summed E-state index contributed by atoms with van der Waals surface area (Å²) in [5.41, 5.74) is 0.350. The van der Waals surface area contributed by atoms with Gasteiger partial charge in [-0.25, -0.2) is 8.42 Å². The number of benzene rings is 2. The second kappa shape index (κ2) is 6.72. The molecule has 2 rings (SSSR count). The van der Waals surface area contributed by atoms with Gasteiger partial charge in [-0.1, -0.05) is 46.9 Å².